The molecule has 0 aliphatic carbocycles. The molecule has 2 aliphatic rings. The number of rotatable bonds is 2. The zero-order valence-electron chi connectivity index (χ0n) is 13.7. The second-order valence-corrected chi connectivity index (χ2v) is 6.92. The summed E-state index contributed by atoms with van der Waals surface area (Å²) in [5.74, 6) is 1.62. The van der Waals surface area contributed by atoms with Gasteiger partial charge in [-0.25, -0.2) is 14.1 Å². The summed E-state index contributed by atoms with van der Waals surface area (Å²) in [6.07, 6.45) is 1.64. The summed E-state index contributed by atoms with van der Waals surface area (Å²) in [5, 5.41) is 12.3. The van der Waals surface area contributed by atoms with Crippen molar-refractivity contribution >= 4 is 29.4 Å². The van der Waals surface area contributed by atoms with Crippen molar-refractivity contribution in [2.24, 2.45) is 0 Å². The standard InChI is InChI=1S/C18H17N3O3S/c1-19-17-5-3-12(9-20-17)11-2-4-15-13(8-11)14-10-21(18(22)23)25-16(14)6-7-24-15/h2-5,8-9H,6-7,10H2,1H3,(H,19,20)(H,22,23). The van der Waals surface area contributed by atoms with Crippen molar-refractivity contribution < 1.29 is 14.6 Å². The van der Waals surface area contributed by atoms with Crippen LogP contribution in [0.2, 0.25) is 0 Å². The minimum atomic E-state index is -0.913. The molecule has 2 aliphatic heterocycles. The Balaban J connectivity index is 1.74. The average Bonchev–Trinajstić information content (AvgIpc) is 2.99. The number of carboxylic acid groups (broad SMARTS) is 1. The van der Waals surface area contributed by atoms with Crippen LogP contribution < -0.4 is 10.1 Å². The van der Waals surface area contributed by atoms with Crippen LogP contribution in [0.25, 0.3) is 16.7 Å². The first-order valence-corrected chi connectivity index (χ1v) is 8.75. The van der Waals surface area contributed by atoms with Crippen LogP contribution >= 0.6 is 11.9 Å². The van der Waals surface area contributed by atoms with Gasteiger partial charge in [-0.3, -0.25) is 0 Å². The molecule has 25 heavy (non-hydrogen) atoms. The topological polar surface area (TPSA) is 74.7 Å². The van der Waals surface area contributed by atoms with Gasteiger partial charge in [0, 0.05) is 35.7 Å². The number of anilines is 1. The normalized spacial score (nSPS) is 16.0. The Morgan fingerprint density at radius 2 is 2.16 bits per heavy atom. The summed E-state index contributed by atoms with van der Waals surface area (Å²) >= 11 is 1.30. The number of aromatic nitrogens is 1. The van der Waals surface area contributed by atoms with Crippen LogP contribution in [0, 0.1) is 0 Å². The molecule has 0 radical (unpaired) electrons. The molecule has 0 atom stereocenters. The summed E-state index contributed by atoms with van der Waals surface area (Å²) in [7, 11) is 1.84. The van der Waals surface area contributed by atoms with Crippen molar-refractivity contribution in [2.75, 3.05) is 25.5 Å². The van der Waals surface area contributed by atoms with Gasteiger partial charge >= 0.3 is 6.09 Å². The van der Waals surface area contributed by atoms with Crippen molar-refractivity contribution in [1.29, 1.82) is 0 Å². The predicted octanol–water partition coefficient (Wildman–Crippen LogP) is 3.93. The van der Waals surface area contributed by atoms with Crippen molar-refractivity contribution in [3.8, 4) is 16.9 Å². The van der Waals surface area contributed by atoms with E-state index in [1.54, 1.807) is 0 Å². The molecule has 1 aromatic carbocycles. The lowest BCUT2D eigenvalue weighted by molar-refractivity contribution is 0.179. The highest BCUT2D eigenvalue weighted by atomic mass is 32.2. The molecule has 0 spiro atoms. The van der Waals surface area contributed by atoms with Gasteiger partial charge in [-0.05, 0) is 47.3 Å². The zero-order valence-corrected chi connectivity index (χ0v) is 14.5. The Kier molecular flexibility index (Phi) is 4.01. The van der Waals surface area contributed by atoms with Crippen LogP contribution in [0.1, 0.15) is 12.0 Å². The Morgan fingerprint density at radius 3 is 2.88 bits per heavy atom. The van der Waals surface area contributed by atoms with E-state index < -0.39 is 6.09 Å². The van der Waals surface area contributed by atoms with Gasteiger partial charge in [-0.15, -0.1) is 0 Å². The quantitative estimate of drug-likeness (QED) is 0.795. The summed E-state index contributed by atoms with van der Waals surface area (Å²) in [5.41, 5.74) is 4.06. The largest absolute Gasteiger partial charge is 0.493 e. The first kappa shape index (κ1) is 15.8. The highest BCUT2D eigenvalue weighted by Gasteiger charge is 2.31. The fourth-order valence-corrected chi connectivity index (χ4v) is 4.03. The lowest BCUT2D eigenvalue weighted by atomic mass is 9.98. The Hall–Kier alpha value is -2.67. The Bertz CT molecular complexity index is 864. The van der Waals surface area contributed by atoms with E-state index in [0.717, 1.165) is 45.2 Å². The van der Waals surface area contributed by atoms with Crippen molar-refractivity contribution in [3.05, 3.63) is 47.0 Å². The molecule has 6 nitrogen and oxygen atoms in total. The number of carbonyl (C=O) groups is 1. The molecule has 0 unspecified atom stereocenters. The first-order valence-electron chi connectivity index (χ1n) is 7.97. The maximum absolute atomic E-state index is 11.3. The number of benzene rings is 1. The number of nitrogens with zero attached hydrogens (tertiary/aromatic N) is 2. The number of pyridine rings is 1. The Labute approximate surface area is 149 Å². The second-order valence-electron chi connectivity index (χ2n) is 5.80. The van der Waals surface area contributed by atoms with Crippen LogP contribution in [0.3, 0.4) is 0 Å². The lowest BCUT2D eigenvalue weighted by Crippen LogP contribution is -2.20. The summed E-state index contributed by atoms with van der Waals surface area (Å²) in [6.45, 7) is 0.941. The third-order valence-corrected chi connectivity index (χ3v) is 5.49. The summed E-state index contributed by atoms with van der Waals surface area (Å²) < 4.78 is 7.23. The molecule has 0 bridgehead atoms. The first-order chi connectivity index (χ1) is 12.2. The number of hydrogen-bond donors (Lipinski definition) is 2. The van der Waals surface area contributed by atoms with Gasteiger partial charge in [0.2, 0.25) is 0 Å². The van der Waals surface area contributed by atoms with E-state index in [-0.39, 0.29) is 0 Å². The summed E-state index contributed by atoms with van der Waals surface area (Å²) in [6, 6.07) is 9.98. The van der Waals surface area contributed by atoms with Gasteiger partial charge in [0.25, 0.3) is 0 Å². The fourth-order valence-electron chi connectivity index (χ4n) is 3.03. The molecule has 7 heteroatoms. The molecule has 0 saturated carbocycles. The summed E-state index contributed by atoms with van der Waals surface area (Å²) in [4.78, 5) is 16.8. The smallest absolute Gasteiger partial charge is 0.417 e. The third kappa shape index (κ3) is 2.91. The number of fused-ring (bicyclic) bond motifs is 2. The number of nitrogens with one attached hydrogen (secondary N) is 1. The van der Waals surface area contributed by atoms with Gasteiger partial charge in [0.1, 0.15) is 11.6 Å². The Morgan fingerprint density at radius 1 is 1.32 bits per heavy atom. The molecular weight excluding hydrogens is 338 g/mol. The molecule has 0 fully saturated rings. The maximum atomic E-state index is 11.3. The third-order valence-electron chi connectivity index (χ3n) is 4.32. The zero-order chi connectivity index (χ0) is 17.4. The molecule has 2 N–H and O–H groups in total. The number of hydrogen-bond acceptors (Lipinski definition) is 5. The van der Waals surface area contributed by atoms with Crippen molar-refractivity contribution in [3.63, 3.8) is 0 Å². The minimum absolute atomic E-state index is 0.381. The molecule has 0 saturated heterocycles. The van der Waals surface area contributed by atoms with E-state index in [0.29, 0.717) is 13.2 Å². The van der Waals surface area contributed by atoms with Gasteiger partial charge < -0.3 is 15.2 Å². The van der Waals surface area contributed by atoms with Crippen LogP contribution in [0.5, 0.6) is 5.75 Å². The molecule has 4 rings (SSSR count). The van der Waals surface area contributed by atoms with E-state index in [1.165, 1.54) is 16.3 Å². The SMILES string of the molecule is CNc1ccc(-c2ccc3c(c2)C2=C(CCO3)SN(C(=O)O)C2)cn1. The second kappa shape index (κ2) is 6.33. The highest BCUT2D eigenvalue weighted by Crippen LogP contribution is 2.45. The number of ether oxygens (including phenoxy) is 1. The van der Waals surface area contributed by atoms with Gasteiger partial charge in [-0.2, -0.15) is 0 Å². The molecule has 3 heterocycles. The van der Waals surface area contributed by atoms with Crippen LogP contribution in [-0.2, 0) is 0 Å². The van der Waals surface area contributed by atoms with Crippen LogP contribution in [0.15, 0.2) is 41.4 Å². The van der Waals surface area contributed by atoms with Crippen molar-refractivity contribution in [2.45, 2.75) is 6.42 Å². The highest BCUT2D eigenvalue weighted by molar-refractivity contribution is 8.01. The van der Waals surface area contributed by atoms with Gasteiger partial charge in [0.05, 0.1) is 13.2 Å². The van der Waals surface area contributed by atoms with E-state index in [4.69, 9.17) is 4.74 Å². The lowest BCUT2D eigenvalue weighted by Gasteiger charge is -2.14. The number of amides is 1. The fraction of sp³-hybridized carbons (Fsp3) is 0.222. The van der Waals surface area contributed by atoms with Crippen molar-refractivity contribution in [1.82, 2.24) is 9.29 Å². The predicted molar refractivity (Wildman–Crippen MR) is 98.6 cm³/mol. The van der Waals surface area contributed by atoms with Gasteiger partial charge in [-0.1, -0.05) is 6.07 Å². The average molecular weight is 355 g/mol. The van der Waals surface area contributed by atoms with E-state index in [1.807, 2.05) is 37.5 Å². The van der Waals surface area contributed by atoms with E-state index >= 15 is 0 Å². The molecule has 1 amide bonds. The molecular formula is C18H17N3O3S. The minimum Gasteiger partial charge on any atom is -0.493 e. The maximum Gasteiger partial charge on any atom is 0.417 e. The molecule has 1 aromatic heterocycles. The molecule has 2 aromatic rings. The molecule has 128 valence electrons. The van der Waals surface area contributed by atoms with Gasteiger partial charge in [0.15, 0.2) is 0 Å². The van der Waals surface area contributed by atoms with Crippen LogP contribution in [-0.4, -0.2) is 40.7 Å². The monoisotopic (exact) mass is 355 g/mol. The van der Waals surface area contributed by atoms with E-state index in [2.05, 4.69) is 16.4 Å². The van der Waals surface area contributed by atoms with E-state index in [9.17, 15) is 9.90 Å². The van der Waals surface area contributed by atoms with Crippen LogP contribution in [0.4, 0.5) is 10.6 Å².